The fraction of sp³-hybridized carbons (Fsp3) is 0.0769. The molecule has 0 amide bonds. The van der Waals surface area contributed by atoms with Crippen LogP contribution in [0.1, 0.15) is 16.1 Å². The van der Waals surface area contributed by atoms with Crippen LogP contribution >= 0.6 is 15.9 Å². The average Bonchev–Trinajstić information content (AvgIpc) is 2.40. The maximum absolute atomic E-state index is 11.1. The lowest BCUT2D eigenvalue weighted by Crippen LogP contribution is -2.03. The van der Waals surface area contributed by atoms with Gasteiger partial charge in [-0.15, -0.1) is 0 Å². The minimum atomic E-state index is -1.22. The molecule has 0 atom stereocenters. The van der Waals surface area contributed by atoms with Crippen LogP contribution in [0.15, 0.2) is 34.8 Å². The smallest absolute Gasteiger partial charge is 0.341 e. The Morgan fingerprint density at radius 1 is 1.38 bits per heavy atom. The molecule has 2 rings (SSSR count). The highest BCUT2D eigenvalue weighted by Crippen LogP contribution is 2.34. The Labute approximate surface area is 127 Å². The number of aromatic nitrogens is 1. The highest BCUT2D eigenvalue weighted by Gasteiger charge is 2.20. The molecular weight excluding hydrogens is 344 g/mol. The fourth-order valence-electron chi connectivity index (χ4n) is 1.60. The van der Waals surface area contributed by atoms with Crippen molar-refractivity contribution < 1.29 is 19.6 Å². The van der Waals surface area contributed by atoms with Gasteiger partial charge in [-0.3, -0.25) is 10.1 Å². The van der Waals surface area contributed by atoms with Gasteiger partial charge < -0.3 is 9.84 Å². The van der Waals surface area contributed by atoms with Crippen LogP contribution in [-0.2, 0) is 0 Å². The number of aryl methyl sites for hydroxylation is 1. The maximum atomic E-state index is 11.1. The van der Waals surface area contributed by atoms with E-state index in [1.165, 1.54) is 24.3 Å². The Bertz CT molecular complexity index is 732. The largest absolute Gasteiger partial charge is 0.477 e. The van der Waals surface area contributed by atoms with E-state index in [2.05, 4.69) is 20.9 Å². The number of rotatable bonds is 4. The first-order chi connectivity index (χ1) is 9.88. The van der Waals surface area contributed by atoms with E-state index in [0.717, 1.165) is 0 Å². The lowest BCUT2D eigenvalue weighted by Gasteiger charge is -2.09. The Kier molecular flexibility index (Phi) is 4.18. The standard InChI is InChI=1S/C13H9BrN2O5/c1-7-2-4-9(13(17)18)12(15-7)21-11-5-3-8(14)6-10(11)16(19)20/h2-6H,1H3,(H,17,18). The van der Waals surface area contributed by atoms with Crippen molar-refractivity contribution in [2.24, 2.45) is 0 Å². The molecular formula is C13H9BrN2O5. The monoisotopic (exact) mass is 352 g/mol. The predicted octanol–water partition coefficient (Wildman–Crippen LogP) is 3.55. The van der Waals surface area contributed by atoms with Crippen molar-refractivity contribution in [3.63, 3.8) is 0 Å². The second-order valence-corrected chi connectivity index (χ2v) is 5.00. The third-order valence-electron chi connectivity index (χ3n) is 2.55. The van der Waals surface area contributed by atoms with Crippen LogP contribution < -0.4 is 4.74 Å². The van der Waals surface area contributed by atoms with Crippen molar-refractivity contribution in [3.8, 4) is 11.6 Å². The van der Waals surface area contributed by atoms with Crippen molar-refractivity contribution in [2.75, 3.05) is 0 Å². The number of hydrogen-bond donors (Lipinski definition) is 1. The van der Waals surface area contributed by atoms with E-state index in [1.807, 2.05) is 0 Å². The molecule has 2 aromatic rings. The van der Waals surface area contributed by atoms with Crippen LogP contribution in [0.2, 0.25) is 0 Å². The number of hydrogen-bond acceptors (Lipinski definition) is 5. The van der Waals surface area contributed by atoms with Gasteiger partial charge in [-0.05, 0) is 31.2 Å². The van der Waals surface area contributed by atoms with Gasteiger partial charge in [-0.1, -0.05) is 15.9 Å². The van der Waals surface area contributed by atoms with Gasteiger partial charge in [0, 0.05) is 16.2 Å². The summed E-state index contributed by atoms with van der Waals surface area (Å²) in [4.78, 5) is 25.5. The number of pyridine rings is 1. The molecule has 0 fully saturated rings. The maximum Gasteiger partial charge on any atom is 0.341 e. The lowest BCUT2D eigenvalue weighted by atomic mass is 10.2. The van der Waals surface area contributed by atoms with E-state index < -0.39 is 10.9 Å². The zero-order valence-electron chi connectivity index (χ0n) is 10.7. The summed E-state index contributed by atoms with van der Waals surface area (Å²) in [6, 6.07) is 7.05. The average molecular weight is 353 g/mol. The molecule has 0 saturated heterocycles. The third kappa shape index (κ3) is 3.34. The summed E-state index contributed by atoms with van der Waals surface area (Å²) >= 11 is 3.13. The number of nitrogens with zero attached hydrogens (tertiary/aromatic N) is 2. The summed E-state index contributed by atoms with van der Waals surface area (Å²) < 4.78 is 5.86. The van der Waals surface area contributed by atoms with Crippen molar-refractivity contribution in [1.82, 2.24) is 4.98 Å². The summed E-state index contributed by atoms with van der Waals surface area (Å²) in [6.45, 7) is 1.66. The van der Waals surface area contributed by atoms with Gasteiger partial charge in [0.2, 0.25) is 11.6 Å². The summed E-state index contributed by atoms with van der Waals surface area (Å²) in [5.41, 5.74) is 0.0802. The van der Waals surface area contributed by atoms with Crippen LogP contribution in [0.25, 0.3) is 0 Å². The normalized spacial score (nSPS) is 10.2. The molecule has 0 saturated carbocycles. The highest BCUT2D eigenvalue weighted by atomic mass is 79.9. The lowest BCUT2D eigenvalue weighted by molar-refractivity contribution is -0.385. The number of ether oxygens (including phenoxy) is 1. The molecule has 1 N–H and O–H groups in total. The summed E-state index contributed by atoms with van der Waals surface area (Å²) in [5.74, 6) is -1.49. The Balaban J connectivity index is 2.50. The zero-order valence-corrected chi connectivity index (χ0v) is 12.3. The van der Waals surface area contributed by atoms with Crippen LogP contribution in [-0.4, -0.2) is 21.0 Å². The molecule has 1 aromatic heterocycles. The number of nitro benzene ring substituents is 1. The molecule has 1 heterocycles. The van der Waals surface area contributed by atoms with Gasteiger partial charge in [0.15, 0.2) is 0 Å². The molecule has 1 aromatic carbocycles. The first kappa shape index (κ1) is 14.9. The van der Waals surface area contributed by atoms with Crippen LogP contribution in [0.4, 0.5) is 5.69 Å². The van der Waals surface area contributed by atoms with E-state index in [4.69, 9.17) is 9.84 Å². The number of nitro groups is 1. The molecule has 0 aliphatic rings. The molecule has 108 valence electrons. The van der Waals surface area contributed by atoms with Gasteiger partial charge in [0.05, 0.1) is 4.92 Å². The predicted molar refractivity (Wildman–Crippen MR) is 76.8 cm³/mol. The Hall–Kier alpha value is -2.48. The van der Waals surface area contributed by atoms with E-state index in [-0.39, 0.29) is 22.9 Å². The number of aromatic carboxylic acids is 1. The van der Waals surface area contributed by atoms with Gasteiger partial charge in [0.25, 0.3) is 0 Å². The third-order valence-corrected chi connectivity index (χ3v) is 3.05. The zero-order chi connectivity index (χ0) is 15.6. The molecule has 0 radical (unpaired) electrons. The second kappa shape index (κ2) is 5.88. The minimum absolute atomic E-state index is 0.0798. The Morgan fingerprint density at radius 3 is 2.71 bits per heavy atom. The van der Waals surface area contributed by atoms with Gasteiger partial charge in [-0.2, -0.15) is 0 Å². The van der Waals surface area contributed by atoms with Gasteiger partial charge >= 0.3 is 11.7 Å². The summed E-state index contributed by atoms with van der Waals surface area (Å²) in [5, 5.41) is 20.1. The van der Waals surface area contributed by atoms with Gasteiger partial charge in [-0.25, -0.2) is 9.78 Å². The number of halogens is 1. The molecule has 0 bridgehead atoms. The second-order valence-electron chi connectivity index (χ2n) is 4.08. The van der Waals surface area contributed by atoms with Crippen LogP contribution in [0.5, 0.6) is 11.6 Å². The number of benzene rings is 1. The van der Waals surface area contributed by atoms with Crippen molar-refractivity contribution in [2.45, 2.75) is 6.92 Å². The molecule has 0 unspecified atom stereocenters. The van der Waals surface area contributed by atoms with E-state index >= 15 is 0 Å². The van der Waals surface area contributed by atoms with Crippen molar-refractivity contribution in [3.05, 3.63) is 56.2 Å². The Morgan fingerprint density at radius 2 is 2.10 bits per heavy atom. The van der Waals surface area contributed by atoms with Crippen molar-refractivity contribution >= 4 is 27.6 Å². The molecule has 0 spiro atoms. The highest BCUT2D eigenvalue weighted by molar-refractivity contribution is 9.10. The topological polar surface area (TPSA) is 103 Å². The quantitative estimate of drug-likeness (QED) is 0.666. The van der Waals surface area contributed by atoms with Crippen LogP contribution in [0, 0.1) is 17.0 Å². The molecule has 0 aliphatic carbocycles. The van der Waals surface area contributed by atoms with E-state index in [1.54, 1.807) is 13.0 Å². The van der Waals surface area contributed by atoms with E-state index in [9.17, 15) is 14.9 Å². The van der Waals surface area contributed by atoms with Crippen molar-refractivity contribution in [1.29, 1.82) is 0 Å². The number of carboxylic acids is 1. The molecule has 7 nitrogen and oxygen atoms in total. The summed E-state index contributed by atoms with van der Waals surface area (Å²) in [6.07, 6.45) is 0. The SMILES string of the molecule is Cc1ccc(C(=O)O)c(Oc2ccc(Br)cc2[N+](=O)[O-])n1. The first-order valence-electron chi connectivity index (χ1n) is 5.71. The number of carbonyl (C=O) groups is 1. The molecule has 0 aliphatic heterocycles. The minimum Gasteiger partial charge on any atom is -0.477 e. The van der Waals surface area contributed by atoms with Crippen LogP contribution in [0.3, 0.4) is 0 Å². The molecule has 21 heavy (non-hydrogen) atoms. The molecule has 8 heteroatoms. The first-order valence-corrected chi connectivity index (χ1v) is 6.50. The fourth-order valence-corrected chi connectivity index (χ4v) is 1.95. The number of carboxylic acid groups (broad SMARTS) is 1. The summed E-state index contributed by atoms with van der Waals surface area (Å²) in [7, 11) is 0. The van der Waals surface area contributed by atoms with E-state index in [0.29, 0.717) is 10.2 Å². The van der Waals surface area contributed by atoms with Gasteiger partial charge in [0.1, 0.15) is 5.56 Å².